The van der Waals surface area contributed by atoms with Crippen molar-refractivity contribution in [3.05, 3.63) is 83.7 Å². The van der Waals surface area contributed by atoms with Gasteiger partial charge in [-0.15, -0.1) is 0 Å². The lowest BCUT2D eigenvalue weighted by molar-refractivity contribution is -0.118. The Bertz CT molecular complexity index is 1160. The number of halogens is 1. The molecule has 0 bridgehead atoms. The molecule has 6 nitrogen and oxygen atoms in total. The first-order chi connectivity index (χ1) is 14.2. The molecule has 0 aliphatic heterocycles. The molecule has 156 valence electrons. The van der Waals surface area contributed by atoms with Crippen molar-refractivity contribution < 1.29 is 22.3 Å². The number of anilines is 2. The topological polar surface area (TPSA) is 84.5 Å². The number of benzene rings is 3. The first-order valence-electron chi connectivity index (χ1n) is 9.12. The summed E-state index contributed by atoms with van der Waals surface area (Å²) in [5.74, 6) is -0.430. The molecule has 0 aromatic heterocycles. The number of hydrogen-bond donors (Lipinski definition) is 2. The van der Waals surface area contributed by atoms with E-state index in [1.165, 1.54) is 42.5 Å². The van der Waals surface area contributed by atoms with Gasteiger partial charge in [-0.05, 0) is 61.9 Å². The van der Waals surface area contributed by atoms with Crippen LogP contribution in [0.4, 0.5) is 15.8 Å². The second kappa shape index (κ2) is 8.96. The Morgan fingerprint density at radius 2 is 1.70 bits per heavy atom. The van der Waals surface area contributed by atoms with Crippen LogP contribution in [0.1, 0.15) is 11.1 Å². The Morgan fingerprint density at radius 3 is 2.37 bits per heavy atom. The lowest BCUT2D eigenvalue weighted by Crippen LogP contribution is -2.20. The summed E-state index contributed by atoms with van der Waals surface area (Å²) >= 11 is 0. The third kappa shape index (κ3) is 5.36. The summed E-state index contributed by atoms with van der Waals surface area (Å²) in [4.78, 5) is 12.1. The lowest BCUT2D eigenvalue weighted by atomic mass is 10.1. The molecule has 8 heteroatoms. The molecule has 3 rings (SSSR count). The maximum Gasteiger partial charge on any atom is 0.262 e. The van der Waals surface area contributed by atoms with E-state index in [1.807, 2.05) is 26.0 Å². The molecule has 0 unspecified atom stereocenters. The van der Waals surface area contributed by atoms with Gasteiger partial charge in [0.05, 0.1) is 10.6 Å². The van der Waals surface area contributed by atoms with E-state index < -0.39 is 15.8 Å². The molecule has 0 aliphatic rings. The van der Waals surface area contributed by atoms with E-state index in [4.69, 9.17) is 4.74 Å². The van der Waals surface area contributed by atoms with Gasteiger partial charge in [-0.3, -0.25) is 9.52 Å². The zero-order chi connectivity index (χ0) is 21.7. The van der Waals surface area contributed by atoms with Crippen LogP contribution in [0.3, 0.4) is 0 Å². The summed E-state index contributed by atoms with van der Waals surface area (Å²) in [7, 11) is -3.96. The number of para-hydroxylation sites is 1. The van der Waals surface area contributed by atoms with Crippen LogP contribution in [-0.4, -0.2) is 20.9 Å². The number of hydrogen-bond acceptors (Lipinski definition) is 4. The number of rotatable bonds is 7. The smallest absolute Gasteiger partial charge is 0.262 e. The first kappa shape index (κ1) is 21.3. The third-order valence-electron chi connectivity index (χ3n) is 4.26. The van der Waals surface area contributed by atoms with Crippen molar-refractivity contribution in [3.8, 4) is 5.75 Å². The van der Waals surface area contributed by atoms with Crippen LogP contribution < -0.4 is 14.8 Å². The van der Waals surface area contributed by atoms with Crippen molar-refractivity contribution in [3.63, 3.8) is 0 Å². The zero-order valence-corrected chi connectivity index (χ0v) is 17.3. The number of sulfonamides is 1. The summed E-state index contributed by atoms with van der Waals surface area (Å²) < 4.78 is 46.3. The first-order valence-corrected chi connectivity index (χ1v) is 10.6. The molecule has 0 fully saturated rings. The molecule has 0 aliphatic carbocycles. The van der Waals surface area contributed by atoms with E-state index in [0.29, 0.717) is 11.4 Å². The van der Waals surface area contributed by atoms with Crippen LogP contribution >= 0.6 is 0 Å². The second-order valence-electron chi connectivity index (χ2n) is 6.72. The number of ether oxygens (including phenoxy) is 1. The van der Waals surface area contributed by atoms with Crippen molar-refractivity contribution in [1.82, 2.24) is 0 Å². The van der Waals surface area contributed by atoms with Gasteiger partial charge in [-0.2, -0.15) is 0 Å². The largest absolute Gasteiger partial charge is 0.483 e. The highest BCUT2D eigenvalue weighted by atomic mass is 32.2. The van der Waals surface area contributed by atoms with Gasteiger partial charge in [0.2, 0.25) is 0 Å². The minimum atomic E-state index is -3.96. The van der Waals surface area contributed by atoms with Crippen LogP contribution in [0.15, 0.2) is 71.6 Å². The Kier molecular flexibility index (Phi) is 6.37. The molecule has 0 saturated heterocycles. The van der Waals surface area contributed by atoms with Gasteiger partial charge in [-0.1, -0.05) is 29.8 Å². The highest BCUT2D eigenvalue weighted by Gasteiger charge is 2.16. The number of amides is 1. The van der Waals surface area contributed by atoms with E-state index in [9.17, 15) is 17.6 Å². The summed E-state index contributed by atoms with van der Waals surface area (Å²) in [6, 6.07) is 16.7. The van der Waals surface area contributed by atoms with Crippen molar-refractivity contribution in [1.29, 1.82) is 0 Å². The van der Waals surface area contributed by atoms with Gasteiger partial charge in [0.15, 0.2) is 6.61 Å². The van der Waals surface area contributed by atoms with Gasteiger partial charge >= 0.3 is 0 Å². The van der Waals surface area contributed by atoms with Gasteiger partial charge in [0, 0.05) is 5.69 Å². The standard InChI is InChI=1S/C22H21FN2O4S/c1-15-7-12-21(16(2)13-15)29-14-22(26)24-17-8-10-18(11-9-17)30(27,28)25-20-6-4-3-5-19(20)23/h3-13,25H,14H2,1-2H3,(H,24,26). The molecule has 0 saturated carbocycles. The van der Waals surface area contributed by atoms with Crippen LogP contribution in [0.5, 0.6) is 5.75 Å². The molecular formula is C22H21FN2O4S. The number of nitrogens with one attached hydrogen (secondary N) is 2. The van der Waals surface area contributed by atoms with Crippen LogP contribution in [-0.2, 0) is 14.8 Å². The monoisotopic (exact) mass is 428 g/mol. The van der Waals surface area contributed by atoms with Crippen LogP contribution in [0.25, 0.3) is 0 Å². The molecule has 0 radical (unpaired) electrons. The fraction of sp³-hybridized carbons (Fsp3) is 0.136. The molecule has 0 heterocycles. The average Bonchev–Trinajstić information content (AvgIpc) is 2.69. The quantitative estimate of drug-likeness (QED) is 0.589. The average molecular weight is 428 g/mol. The van der Waals surface area contributed by atoms with Gasteiger partial charge in [-0.25, -0.2) is 12.8 Å². The highest BCUT2D eigenvalue weighted by molar-refractivity contribution is 7.92. The van der Waals surface area contributed by atoms with Crippen molar-refractivity contribution >= 4 is 27.3 Å². The fourth-order valence-electron chi connectivity index (χ4n) is 2.77. The van der Waals surface area contributed by atoms with Gasteiger partial charge in [0.1, 0.15) is 11.6 Å². The molecular weight excluding hydrogens is 407 g/mol. The van der Waals surface area contributed by atoms with Crippen molar-refractivity contribution in [2.24, 2.45) is 0 Å². The van der Waals surface area contributed by atoms with E-state index in [-0.39, 0.29) is 23.1 Å². The number of aryl methyl sites for hydroxylation is 2. The Hall–Kier alpha value is -3.39. The van der Waals surface area contributed by atoms with Crippen molar-refractivity contribution in [2.45, 2.75) is 18.7 Å². The Balaban J connectivity index is 1.61. The summed E-state index contributed by atoms with van der Waals surface area (Å²) in [5, 5.41) is 2.64. The Labute approximate surface area is 174 Å². The summed E-state index contributed by atoms with van der Waals surface area (Å²) in [5.41, 5.74) is 2.30. The predicted molar refractivity (Wildman–Crippen MR) is 114 cm³/mol. The molecule has 30 heavy (non-hydrogen) atoms. The van der Waals surface area contributed by atoms with Gasteiger partial charge in [0.25, 0.3) is 15.9 Å². The predicted octanol–water partition coefficient (Wildman–Crippen LogP) is 4.26. The van der Waals surface area contributed by atoms with Crippen molar-refractivity contribution in [2.75, 3.05) is 16.6 Å². The second-order valence-corrected chi connectivity index (χ2v) is 8.40. The SMILES string of the molecule is Cc1ccc(OCC(=O)Nc2ccc(S(=O)(=O)Nc3ccccc3F)cc2)c(C)c1. The molecule has 3 aromatic rings. The van der Waals surface area contributed by atoms with Crippen LogP contribution in [0, 0.1) is 19.7 Å². The summed E-state index contributed by atoms with van der Waals surface area (Å²) in [6.07, 6.45) is 0. The lowest BCUT2D eigenvalue weighted by Gasteiger charge is -2.11. The maximum absolute atomic E-state index is 13.7. The van der Waals surface area contributed by atoms with Crippen LogP contribution in [0.2, 0.25) is 0 Å². The highest BCUT2D eigenvalue weighted by Crippen LogP contribution is 2.21. The van der Waals surface area contributed by atoms with E-state index in [2.05, 4.69) is 10.0 Å². The van der Waals surface area contributed by atoms with E-state index in [0.717, 1.165) is 17.2 Å². The van der Waals surface area contributed by atoms with E-state index in [1.54, 1.807) is 6.07 Å². The van der Waals surface area contributed by atoms with Gasteiger partial charge < -0.3 is 10.1 Å². The fourth-order valence-corrected chi connectivity index (χ4v) is 3.83. The zero-order valence-electron chi connectivity index (χ0n) is 16.5. The van der Waals surface area contributed by atoms with E-state index >= 15 is 0 Å². The number of carbonyl (C=O) groups is 1. The molecule has 1 amide bonds. The molecule has 0 atom stereocenters. The molecule has 0 spiro atoms. The normalized spacial score (nSPS) is 11.0. The molecule has 3 aromatic carbocycles. The minimum Gasteiger partial charge on any atom is -0.483 e. The Morgan fingerprint density at radius 1 is 1.00 bits per heavy atom. The third-order valence-corrected chi connectivity index (χ3v) is 5.64. The minimum absolute atomic E-state index is 0.0599. The molecule has 2 N–H and O–H groups in total. The maximum atomic E-state index is 13.7. The number of carbonyl (C=O) groups excluding carboxylic acids is 1. The summed E-state index contributed by atoms with van der Waals surface area (Å²) in [6.45, 7) is 3.69.